The first-order valence-corrected chi connectivity index (χ1v) is 9.52. The lowest BCUT2D eigenvalue weighted by Crippen LogP contribution is -2.43. The van der Waals surface area contributed by atoms with Gasteiger partial charge in [-0.2, -0.15) is 4.39 Å². The monoisotopic (exact) mass is 383 g/mol. The van der Waals surface area contributed by atoms with E-state index >= 15 is 0 Å². The van der Waals surface area contributed by atoms with Crippen LogP contribution in [0.2, 0.25) is 0 Å². The molecule has 1 amide bonds. The van der Waals surface area contributed by atoms with E-state index in [4.69, 9.17) is 0 Å². The molecule has 0 bridgehead atoms. The van der Waals surface area contributed by atoms with Crippen molar-refractivity contribution < 1.29 is 9.18 Å². The molecule has 1 fully saturated rings. The van der Waals surface area contributed by atoms with E-state index in [1.54, 1.807) is 11.4 Å². The van der Waals surface area contributed by atoms with Gasteiger partial charge in [0.1, 0.15) is 10.7 Å². The fourth-order valence-electron chi connectivity index (χ4n) is 2.96. The molecular weight excluding hydrogens is 365 g/mol. The van der Waals surface area contributed by atoms with Crippen molar-refractivity contribution in [3.63, 3.8) is 0 Å². The molecule has 2 N–H and O–H groups in total. The number of halogens is 1. The van der Waals surface area contributed by atoms with E-state index < -0.39 is 5.95 Å². The first-order valence-electron chi connectivity index (χ1n) is 8.64. The van der Waals surface area contributed by atoms with Gasteiger partial charge in [-0.05, 0) is 24.3 Å². The van der Waals surface area contributed by atoms with Crippen LogP contribution in [0.25, 0.3) is 10.6 Å². The summed E-state index contributed by atoms with van der Waals surface area (Å²) in [6.45, 7) is 3.63. The third-order valence-electron chi connectivity index (χ3n) is 4.32. The molecule has 1 aliphatic heterocycles. The molecule has 8 heteroatoms. The summed E-state index contributed by atoms with van der Waals surface area (Å²) in [7, 11) is 0. The number of para-hydroxylation sites is 2. The second-order valence-corrected chi connectivity index (χ2v) is 6.97. The number of nitrogens with one attached hydrogen (secondary N) is 2. The number of rotatable bonds is 4. The summed E-state index contributed by atoms with van der Waals surface area (Å²) in [6.07, 6.45) is 1.41. The molecule has 138 valence electrons. The van der Waals surface area contributed by atoms with Crippen molar-refractivity contribution in [2.75, 3.05) is 36.4 Å². The molecule has 6 nitrogen and oxygen atoms in total. The number of pyridine rings is 1. The maximum Gasteiger partial charge on any atom is 0.275 e. The number of piperazine rings is 1. The van der Waals surface area contributed by atoms with Crippen LogP contribution >= 0.6 is 11.3 Å². The van der Waals surface area contributed by atoms with E-state index in [2.05, 4.69) is 25.5 Å². The maximum absolute atomic E-state index is 13.0. The summed E-state index contributed by atoms with van der Waals surface area (Å²) < 4.78 is 13.0. The smallest absolute Gasteiger partial charge is 0.275 e. The van der Waals surface area contributed by atoms with Gasteiger partial charge < -0.3 is 15.5 Å². The van der Waals surface area contributed by atoms with Crippen molar-refractivity contribution in [2.24, 2.45) is 0 Å². The zero-order valence-corrected chi connectivity index (χ0v) is 15.3. The summed E-state index contributed by atoms with van der Waals surface area (Å²) in [5.41, 5.74) is 2.78. The number of benzene rings is 1. The van der Waals surface area contributed by atoms with Crippen LogP contribution in [0.3, 0.4) is 0 Å². The van der Waals surface area contributed by atoms with Gasteiger partial charge in [0.15, 0.2) is 0 Å². The molecule has 2 aromatic heterocycles. The molecule has 3 aromatic rings. The lowest BCUT2D eigenvalue weighted by Gasteiger charge is -2.31. The van der Waals surface area contributed by atoms with E-state index in [9.17, 15) is 9.18 Å². The molecule has 0 radical (unpaired) electrons. The van der Waals surface area contributed by atoms with Gasteiger partial charge in [-0.25, -0.2) is 9.97 Å². The minimum atomic E-state index is -0.544. The fraction of sp³-hybridized carbons (Fsp3) is 0.211. The molecule has 0 spiro atoms. The Morgan fingerprint density at radius 3 is 2.78 bits per heavy atom. The van der Waals surface area contributed by atoms with Gasteiger partial charge in [0.25, 0.3) is 5.91 Å². The Morgan fingerprint density at radius 2 is 2.00 bits per heavy atom. The summed E-state index contributed by atoms with van der Waals surface area (Å²) in [5, 5.41) is 8.62. The molecule has 1 aliphatic rings. The lowest BCUT2D eigenvalue weighted by molar-refractivity contribution is 0.102. The van der Waals surface area contributed by atoms with Gasteiger partial charge in [-0.15, -0.1) is 11.3 Å². The number of anilines is 2. The van der Waals surface area contributed by atoms with Gasteiger partial charge in [0.2, 0.25) is 5.95 Å². The maximum atomic E-state index is 13.0. The third kappa shape index (κ3) is 3.96. The van der Waals surface area contributed by atoms with Crippen molar-refractivity contribution >= 4 is 28.6 Å². The number of amides is 1. The largest absolute Gasteiger partial charge is 0.367 e. The average Bonchev–Trinajstić information content (AvgIpc) is 3.20. The normalized spacial score (nSPS) is 14.2. The van der Waals surface area contributed by atoms with Crippen LogP contribution in [0, 0.1) is 5.95 Å². The Bertz CT molecular complexity index is 937. The van der Waals surface area contributed by atoms with Crippen molar-refractivity contribution in [2.45, 2.75) is 0 Å². The summed E-state index contributed by atoms with van der Waals surface area (Å²) >= 11 is 1.33. The van der Waals surface area contributed by atoms with Crippen molar-refractivity contribution in [1.82, 2.24) is 15.3 Å². The van der Waals surface area contributed by atoms with Crippen molar-refractivity contribution in [3.05, 3.63) is 59.6 Å². The summed E-state index contributed by atoms with van der Waals surface area (Å²) in [4.78, 5) is 22.9. The van der Waals surface area contributed by atoms with Gasteiger partial charge >= 0.3 is 0 Å². The molecule has 1 saturated heterocycles. The Balaban J connectivity index is 1.52. The Morgan fingerprint density at radius 1 is 1.19 bits per heavy atom. The molecule has 27 heavy (non-hydrogen) atoms. The van der Waals surface area contributed by atoms with Crippen molar-refractivity contribution in [3.8, 4) is 10.6 Å². The zero-order chi connectivity index (χ0) is 18.6. The van der Waals surface area contributed by atoms with Gasteiger partial charge in [-0.1, -0.05) is 12.1 Å². The SMILES string of the molecule is O=C(Nc1ccccc1N1CCNCC1)c1csc(-c2ccc(F)nc2)n1. The molecular formula is C19H18FN5OS. The van der Waals surface area contributed by atoms with Crippen LogP contribution < -0.4 is 15.5 Å². The number of nitrogens with zero attached hydrogens (tertiary/aromatic N) is 3. The lowest BCUT2D eigenvalue weighted by atomic mass is 10.2. The first kappa shape index (κ1) is 17.6. The molecule has 0 unspecified atom stereocenters. The average molecular weight is 383 g/mol. The van der Waals surface area contributed by atoms with Gasteiger partial charge in [0.05, 0.1) is 11.4 Å². The number of hydrogen-bond donors (Lipinski definition) is 2. The van der Waals surface area contributed by atoms with Gasteiger partial charge in [-0.3, -0.25) is 4.79 Å². The van der Waals surface area contributed by atoms with Crippen molar-refractivity contribution in [1.29, 1.82) is 0 Å². The Hall–Kier alpha value is -2.84. The van der Waals surface area contributed by atoms with E-state index in [0.717, 1.165) is 37.6 Å². The van der Waals surface area contributed by atoms with Crippen LogP contribution in [0.5, 0.6) is 0 Å². The minimum Gasteiger partial charge on any atom is -0.367 e. The quantitative estimate of drug-likeness (QED) is 0.678. The molecule has 1 aromatic carbocycles. The van der Waals surface area contributed by atoms with E-state index in [0.29, 0.717) is 16.3 Å². The number of carbonyl (C=O) groups excluding carboxylic acids is 1. The van der Waals surface area contributed by atoms with E-state index in [-0.39, 0.29) is 5.91 Å². The number of carbonyl (C=O) groups is 1. The minimum absolute atomic E-state index is 0.268. The van der Waals surface area contributed by atoms with Crippen LogP contribution in [0.1, 0.15) is 10.5 Å². The molecule has 0 atom stereocenters. The van der Waals surface area contributed by atoms with Crippen LogP contribution in [0.4, 0.5) is 15.8 Å². The second kappa shape index (κ2) is 7.81. The number of hydrogen-bond acceptors (Lipinski definition) is 6. The second-order valence-electron chi connectivity index (χ2n) is 6.12. The molecule has 4 rings (SSSR count). The van der Waals surface area contributed by atoms with Crippen LogP contribution in [-0.2, 0) is 0 Å². The molecule has 0 aliphatic carbocycles. The number of aromatic nitrogens is 2. The van der Waals surface area contributed by atoms with E-state index in [1.165, 1.54) is 23.6 Å². The van der Waals surface area contributed by atoms with Gasteiger partial charge in [0, 0.05) is 43.3 Å². The van der Waals surface area contributed by atoms with Crippen LogP contribution in [-0.4, -0.2) is 42.1 Å². The summed E-state index contributed by atoms with van der Waals surface area (Å²) in [6, 6.07) is 10.7. The predicted octanol–water partition coefficient (Wildman–Crippen LogP) is 3.01. The highest BCUT2D eigenvalue weighted by atomic mass is 32.1. The Labute approximate surface area is 160 Å². The highest BCUT2D eigenvalue weighted by Gasteiger charge is 2.17. The first-order chi connectivity index (χ1) is 13.2. The summed E-state index contributed by atoms with van der Waals surface area (Å²) in [5.74, 6) is -0.812. The number of thiazole rings is 1. The zero-order valence-electron chi connectivity index (χ0n) is 14.5. The standard InChI is InChI=1S/C19H18FN5OS/c20-17-6-5-13(11-22-17)19-24-15(12-27-19)18(26)23-14-3-1-2-4-16(14)25-9-7-21-8-10-25/h1-6,11-12,21H,7-10H2,(H,23,26). The molecule has 3 heterocycles. The topological polar surface area (TPSA) is 70.2 Å². The highest BCUT2D eigenvalue weighted by molar-refractivity contribution is 7.13. The fourth-order valence-corrected chi connectivity index (χ4v) is 3.75. The molecule has 0 saturated carbocycles. The third-order valence-corrected chi connectivity index (χ3v) is 5.21. The highest BCUT2D eigenvalue weighted by Crippen LogP contribution is 2.27. The van der Waals surface area contributed by atoms with Crippen LogP contribution in [0.15, 0.2) is 48.0 Å². The van der Waals surface area contributed by atoms with E-state index in [1.807, 2.05) is 24.3 Å². The predicted molar refractivity (Wildman–Crippen MR) is 105 cm³/mol. The Kier molecular flexibility index (Phi) is 5.08.